The van der Waals surface area contributed by atoms with Crippen LogP contribution in [0.1, 0.15) is 63.3 Å². The Morgan fingerprint density at radius 1 is 1.05 bits per heavy atom. The summed E-state index contributed by atoms with van der Waals surface area (Å²) in [4.78, 5) is 23.2. The summed E-state index contributed by atoms with van der Waals surface area (Å²) in [5.41, 5.74) is 2.05. The van der Waals surface area contributed by atoms with Crippen molar-refractivity contribution in [3.8, 4) is 0 Å². The zero-order valence-electron chi connectivity index (χ0n) is 22.9. The number of piperidine rings is 1. The maximum absolute atomic E-state index is 13.8. The summed E-state index contributed by atoms with van der Waals surface area (Å²) in [5.74, 6) is -0.130. The van der Waals surface area contributed by atoms with Gasteiger partial charge in [0.2, 0.25) is 0 Å². The molecule has 1 aliphatic carbocycles. The number of aromatic nitrogens is 1. The fourth-order valence-corrected chi connectivity index (χ4v) is 7.00. The summed E-state index contributed by atoms with van der Waals surface area (Å²) in [7, 11) is 3.33. The molecule has 11 heteroatoms. The number of pyridine rings is 1. The lowest BCUT2D eigenvalue weighted by atomic mass is 9.99. The predicted molar refractivity (Wildman–Crippen MR) is 150 cm³/mol. The van der Waals surface area contributed by atoms with Crippen LogP contribution in [0.25, 0.3) is 0 Å². The molecule has 0 N–H and O–H groups in total. The SMILES string of the molecule is CN(C(=O)c1ccc2c(c1)C(N(C)C(c1ccccc1C(F)(F)F)S(=O)[O-])CC2)C1CCN(c2ccncc2)CC1. The van der Waals surface area contributed by atoms with E-state index in [0.717, 1.165) is 48.8 Å². The number of carbonyl (C=O) groups excluding carboxylic acids is 1. The lowest BCUT2D eigenvalue weighted by molar-refractivity contribution is -0.138. The van der Waals surface area contributed by atoms with Gasteiger partial charge in [-0.15, -0.1) is 0 Å². The normalized spacial score (nSPS) is 19.2. The van der Waals surface area contributed by atoms with Crippen LogP contribution >= 0.6 is 0 Å². The minimum absolute atomic E-state index is 0.0680. The third-order valence-corrected chi connectivity index (χ3v) is 9.33. The third kappa shape index (κ3) is 6.02. The van der Waals surface area contributed by atoms with Gasteiger partial charge in [-0.05, 0) is 90.8 Å². The van der Waals surface area contributed by atoms with E-state index in [4.69, 9.17) is 0 Å². The van der Waals surface area contributed by atoms with Gasteiger partial charge in [0.05, 0.1) is 10.9 Å². The Bertz CT molecular complexity index is 1410. The zero-order valence-corrected chi connectivity index (χ0v) is 23.7. The van der Waals surface area contributed by atoms with Crippen LogP contribution in [0.5, 0.6) is 0 Å². The number of aryl methyl sites for hydroxylation is 1. The van der Waals surface area contributed by atoms with Crippen molar-refractivity contribution in [3.63, 3.8) is 0 Å². The summed E-state index contributed by atoms with van der Waals surface area (Å²) in [6, 6.07) is 13.8. The quantitative estimate of drug-likeness (QED) is 0.349. The first kappa shape index (κ1) is 29.2. The maximum Gasteiger partial charge on any atom is 0.416 e. The van der Waals surface area contributed by atoms with E-state index in [-0.39, 0.29) is 17.5 Å². The highest BCUT2D eigenvalue weighted by Crippen LogP contribution is 2.43. The Morgan fingerprint density at radius 3 is 2.39 bits per heavy atom. The van der Waals surface area contributed by atoms with Crippen LogP contribution in [-0.2, 0) is 23.7 Å². The van der Waals surface area contributed by atoms with E-state index in [0.29, 0.717) is 18.4 Å². The molecule has 2 heterocycles. The Kier molecular flexibility index (Phi) is 8.49. The highest BCUT2D eigenvalue weighted by atomic mass is 32.2. The second-order valence-corrected chi connectivity index (χ2v) is 11.6. The van der Waals surface area contributed by atoms with E-state index >= 15 is 0 Å². The van der Waals surface area contributed by atoms with Crippen molar-refractivity contribution in [1.82, 2.24) is 14.8 Å². The van der Waals surface area contributed by atoms with Crippen molar-refractivity contribution < 1.29 is 26.7 Å². The molecule has 0 spiro atoms. The van der Waals surface area contributed by atoms with Crippen LogP contribution < -0.4 is 4.90 Å². The molecule has 218 valence electrons. The van der Waals surface area contributed by atoms with E-state index in [1.165, 1.54) is 30.1 Å². The summed E-state index contributed by atoms with van der Waals surface area (Å²) in [5, 5.41) is -1.50. The molecule has 5 rings (SSSR count). The van der Waals surface area contributed by atoms with Crippen LogP contribution in [-0.4, -0.2) is 62.7 Å². The van der Waals surface area contributed by atoms with E-state index in [9.17, 15) is 26.7 Å². The van der Waals surface area contributed by atoms with Crippen molar-refractivity contribution >= 4 is 22.7 Å². The molecule has 1 aromatic heterocycles. The first-order valence-electron chi connectivity index (χ1n) is 13.6. The van der Waals surface area contributed by atoms with Crippen LogP contribution in [0.15, 0.2) is 67.0 Å². The number of alkyl halides is 3. The predicted octanol–water partition coefficient (Wildman–Crippen LogP) is 5.34. The summed E-state index contributed by atoms with van der Waals surface area (Å²) >= 11 is -2.85. The molecule has 3 unspecified atom stereocenters. The van der Waals surface area contributed by atoms with Crippen LogP contribution in [0.3, 0.4) is 0 Å². The highest BCUT2D eigenvalue weighted by Gasteiger charge is 2.39. The van der Waals surface area contributed by atoms with E-state index in [1.807, 2.05) is 18.2 Å². The number of rotatable bonds is 7. The molecule has 0 radical (unpaired) electrons. The number of benzene rings is 2. The number of amides is 1. The molecule has 0 saturated carbocycles. The molecule has 2 aliphatic rings. The van der Waals surface area contributed by atoms with Gasteiger partial charge < -0.3 is 14.4 Å². The number of hydrogen-bond acceptors (Lipinski definition) is 6. The van der Waals surface area contributed by atoms with Gasteiger partial charge in [-0.25, -0.2) is 0 Å². The van der Waals surface area contributed by atoms with Gasteiger partial charge in [0, 0.05) is 55.9 Å². The molecule has 41 heavy (non-hydrogen) atoms. The van der Waals surface area contributed by atoms with Gasteiger partial charge in [-0.3, -0.25) is 18.9 Å². The smallest absolute Gasteiger partial charge is 0.416 e. The summed E-state index contributed by atoms with van der Waals surface area (Å²) in [6.45, 7) is 1.63. The molecule has 3 atom stereocenters. The van der Waals surface area contributed by atoms with Crippen molar-refractivity contribution in [3.05, 3.63) is 94.8 Å². The van der Waals surface area contributed by atoms with E-state index in [2.05, 4.69) is 9.88 Å². The van der Waals surface area contributed by atoms with Gasteiger partial charge in [0.25, 0.3) is 5.91 Å². The zero-order chi connectivity index (χ0) is 29.3. The van der Waals surface area contributed by atoms with Gasteiger partial charge in [0.15, 0.2) is 0 Å². The molecule has 0 bridgehead atoms. The molecular weight excluding hydrogens is 553 g/mol. The number of hydrogen-bond donors (Lipinski definition) is 0. The second-order valence-electron chi connectivity index (χ2n) is 10.7. The number of carbonyl (C=O) groups is 1. The van der Waals surface area contributed by atoms with Gasteiger partial charge in [0.1, 0.15) is 0 Å². The molecule has 7 nitrogen and oxygen atoms in total. The van der Waals surface area contributed by atoms with Gasteiger partial charge >= 0.3 is 6.18 Å². The van der Waals surface area contributed by atoms with Crippen LogP contribution in [0.2, 0.25) is 0 Å². The molecule has 3 aromatic rings. The first-order chi connectivity index (χ1) is 19.6. The third-order valence-electron chi connectivity index (χ3n) is 8.38. The highest BCUT2D eigenvalue weighted by molar-refractivity contribution is 7.79. The lowest BCUT2D eigenvalue weighted by Gasteiger charge is -2.38. The minimum Gasteiger partial charge on any atom is -0.771 e. The number of fused-ring (bicyclic) bond motifs is 1. The molecule has 1 aliphatic heterocycles. The topological polar surface area (TPSA) is 79.8 Å². The van der Waals surface area contributed by atoms with Crippen LogP contribution in [0.4, 0.5) is 18.9 Å². The Balaban J connectivity index is 1.34. The Morgan fingerprint density at radius 2 is 1.73 bits per heavy atom. The van der Waals surface area contributed by atoms with Crippen molar-refractivity contribution in [2.45, 2.75) is 49.3 Å². The number of nitrogens with zero attached hydrogens (tertiary/aromatic N) is 4. The Hall–Kier alpha value is -3.28. The molecular formula is C30H32F3N4O3S-. The van der Waals surface area contributed by atoms with Crippen LogP contribution in [0, 0.1) is 0 Å². The average Bonchev–Trinajstić information content (AvgIpc) is 3.40. The van der Waals surface area contributed by atoms with Gasteiger partial charge in [-0.1, -0.05) is 24.3 Å². The van der Waals surface area contributed by atoms with Crippen molar-refractivity contribution in [1.29, 1.82) is 0 Å². The standard InChI is InChI=1S/C30H33F3N4O3S/c1-35(22-13-17-37(18-14-22)23-11-15-34-16-12-23)28(38)21-8-7-20-9-10-27(25(20)19-21)36(2)29(41(39)40)24-5-3-4-6-26(24)30(31,32)33/h3-8,11-12,15-16,19,22,27,29H,9-10,13-14,17-18H2,1-2H3,(H,39,40)/p-1. The second kappa shape index (κ2) is 11.9. The fourth-order valence-electron chi connectivity index (χ4n) is 6.17. The Labute approximate surface area is 240 Å². The largest absolute Gasteiger partial charge is 0.771 e. The first-order valence-corrected chi connectivity index (χ1v) is 14.7. The fraction of sp³-hybridized carbons (Fsp3) is 0.400. The number of halogens is 3. The summed E-state index contributed by atoms with van der Waals surface area (Å²) < 4.78 is 66.0. The molecule has 1 fully saturated rings. The van der Waals surface area contributed by atoms with Gasteiger partial charge in [-0.2, -0.15) is 13.2 Å². The number of anilines is 1. The van der Waals surface area contributed by atoms with E-state index < -0.39 is 34.2 Å². The maximum atomic E-state index is 13.8. The van der Waals surface area contributed by atoms with Crippen molar-refractivity contribution in [2.24, 2.45) is 0 Å². The molecule has 2 aromatic carbocycles. The average molecular weight is 586 g/mol. The van der Waals surface area contributed by atoms with E-state index in [1.54, 1.807) is 36.5 Å². The monoisotopic (exact) mass is 585 g/mol. The lowest BCUT2D eigenvalue weighted by Crippen LogP contribution is -2.45. The minimum atomic E-state index is -4.69. The molecule has 1 amide bonds. The molecule has 1 saturated heterocycles. The van der Waals surface area contributed by atoms with Crippen molar-refractivity contribution in [2.75, 3.05) is 32.1 Å². The summed E-state index contributed by atoms with van der Waals surface area (Å²) in [6.07, 6.45) is 1.65.